The molecule has 0 aromatic heterocycles. The molecule has 2 saturated heterocycles. The Morgan fingerprint density at radius 3 is 2.58 bits per heavy atom. The van der Waals surface area contributed by atoms with Crippen molar-refractivity contribution >= 4 is 11.8 Å². The Balaban J connectivity index is 1.38. The highest BCUT2D eigenvalue weighted by molar-refractivity contribution is 5.67. The Bertz CT molecular complexity index is 629. The maximum Gasteiger partial charge on any atom is 0.409 e. The summed E-state index contributed by atoms with van der Waals surface area (Å²) in [5.41, 5.74) is 1.71. The van der Waals surface area contributed by atoms with Crippen molar-refractivity contribution in [3.05, 3.63) is 29.8 Å². The Hall–Kier alpha value is -2.30. The molecular weight excluding hydrogens is 332 g/mol. The van der Waals surface area contributed by atoms with Gasteiger partial charge in [0, 0.05) is 31.9 Å². The first-order chi connectivity index (χ1) is 12.7. The fourth-order valence-electron chi connectivity index (χ4n) is 3.52. The minimum Gasteiger partial charge on any atom is -0.450 e. The molecule has 7 nitrogen and oxygen atoms in total. The van der Waals surface area contributed by atoms with E-state index < -0.39 is 0 Å². The van der Waals surface area contributed by atoms with Crippen LogP contribution in [0.4, 0.5) is 10.5 Å². The van der Waals surface area contributed by atoms with Crippen LogP contribution in [0.25, 0.3) is 0 Å². The van der Waals surface area contributed by atoms with Crippen LogP contribution in [-0.2, 0) is 9.47 Å². The lowest BCUT2D eigenvalue weighted by molar-refractivity contribution is -0.132. The molecule has 0 aliphatic carbocycles. The smallest absolute Gasteiger partial charge is 0.409 e. The molecule has 140 valence electrons. The van der Waals surface area contributed by atoms with Gasteiger partial charge in [0.2, 0.25) is 0 Å². The van der Waals surface area contributed by atoms with Crippen LogP contribution < -0.4 is 5.32 Å². The SMILES string of the molecule is CCOC(=O)N1CC2CN(CCCNc3ccc(C#N)cc3)CC(C1)O2. The number of benzene rings is 1. The summed E-state index contributed by atoms with van der Waals surface area (Å²) in [6.07, 6.45) is 0.934. The number of carbonyl (C=O) groups excluding carboxylic acids is 1. The van der Waals surface area contributed by atoms with Crippen molar-refractivity contribution in [3.8, 4) is 6.07 Å². The van der Waals surface area contributed by atoms with E-state index >= 15 is 0 Å². The molecular formula is C19H26N4O3. The van der Waals surface area contributed by atoms with E-state index in [1.807, 2.05) is 31.2 Å². The average Bonchev–Trinajstić information content (AvgIpc) is 2.65. The molecule has 26 heavy (non-hydrogen) atoms. The fraction of sp³-hybridized carbons (Fsp3) is 0.579. The van der Waals surface area contributed by atoms with Crippen LogP contribution in [0.15, 0.2) is 24.3 Å². The summed E-state index contributed by atoms with van der Waals surface area (Å²) < 4.78 is 11.1. The lowest BCUT2D eigenvalue weighted by Gasteiger charge is -2.45. The molecule has 2 aliphatic rings. The van der Waals surface area contributed by atoms with Gasteiger partial charge in [-0.05, 0) is 37.6 Å². The normalized spacial score (nSPS) is 22.5. The van der Waals surface area contributed by atoms with Gasteiger partial charge in [-0.3, -0.25) is 4.90 Å². The molecule has 1 aromatic carbocycles. The minimum absolute atomic E-state index is 0.0680. The largest absolute Gasteiger partial charge is 0.450 e. The Labute approximate surface area is 154 Å². The van der Waals surface area contributed by atoms with E-state index in [0.29, 0.717) is 25.3 Å². The van der Waals surface area contributed by atoms with Gasteiger partial charge < -0.3 is 19.7 Å². The van der Waals surface area contributed by atoms with Crippen molar-refractivity contribution in [3.63, 3.8) is 0 Å². The van der Waals surface area contributed by atoms with Crippen molar-refractivity contribution in [2.24, 2.45) is 0 Å². The maximum atomic E-state index is 11.9. The zero-order valence-electron chi connectivity index (χ0n) is 15.2. The van der Waals surface area contributed by atoms with E-state index in [-0.39, 0.29) is 18.3 Å². The van der Waals surface area contributed by atoms with Crippen molar-refractivity contribution < 1.29 is 14.3 Å². The number of rotatable bonds is 6. The third-order valence-corrected chi connectivity index (χ3v) is 4.68. The summed E-state index contributed by atoms with van der Waals surface area (Å²) >= 11 is 0. The standard InChI is InChI=1S/C19H26N4O3/c1-2-25-19(24)23-13-17-11-22(12-18(14-23)26-17)9-3-8-21-16-6-4-15(10-20)5-7-16/h4-7,17-18,21H,2-3,8-9,11-14H2,1H3. The summed E-state index contributed by atoms with van der Waals surface area (Å²) in [7, 11) is 0. The molecule has 0 radical (unpaired) electrons. The number of hydrogen-bond donors (Lipinski definition) is 1. The summed E-state index contributed by atoms with van der Waals surface area (Å²) in [5, 5.41) is 12.2. The van der Waals surface area contributed by atoms with E-state index in [4.69, 9.17) is 14.7 Å². The van der Waals surface area contributed by atoms with Gasteiger partial charge in [-0.15, -0.1) is 0 Å². The molecule has 2 fully saturated rings. The minimum atomic E-state index is -0.231. The predicted molar refractivity (Wildman–Crippen MR) is 98.0 cm³/mol. The zero-order chi connectivity index (χ0) is 18.4. The number of nitriles is 1. The van der Waals surface area contributed by atoms with Crippen LogP contribution in [0.2, 0.25) is 0 Å². The molecule has 2 unspecified atom stereocenters. The third kappa shape index (κ3) is 4.87. The lowest BCUT2D eigenvalue weighted by Crippen LogP contribution is -2.60. The summed E-state index contributed by atoms with van der Waals surface area (Å²) in [6.45, 7) is 7.03. The molecule has 1 aromatic rings. The Morgan fingerprint density at radius 1 is 1.27 bits per heavy atom. The number of ether oxygens (including phenoxy) is 2. The number of carbonyl (C=O) groups is 1. The van der Waals surface area contributed by atoms with Crippen LogP contribution in [0.5, 0.6) is 0 Å². The van der Waals surface area contributed by atoms with Crippen LogP contribution in [0.1, 0.15) is 18.9 Å². The van der Waals surface area contributed by atoms with E-state index in [1.54, 1.807) is 4.90 Å². The third-order valence-electron chi connectivity index (χ3n) is 4.68. The molecule has 2 bridgehead atoms. The first kappa shape index (κ1) is 18.5. The van der Waals surface area contributed by atoms with Crippen molar-refractivity contribution in [2.75, 3.05) is 51.2 Å². The molecule has 7 heteroatoms. The topological polar surface area (TPSA) is 77.8 Å². The van der Waals surface area contributed by atoms with E-state index in [1.165, 1.54) is 0 Å². The first-order valence-electron chi connectivity index (χ1n) is 9.21. The summed E-state index contributed by atoms with van der Waals surface area (Å²) in [5.74, 6) is 0. The summed E-state index contributed by atoms with van der Waals surface area (Å²) in [6, 6.07) is 9.63. The monoisotopic (exact) mass is 358 g/mol. The quantitative estimate of drug-likeness (QED) is 0.783. The average molecular weight is 358 g/mol. The van der Waals surface area contributed by atoms with E-state index in [2.05, 4.69) is 16.3 Å². The lowest BCUT2D eigenvalue weighted by atomic mass is 10.1. The van der Waals surface area contributed by atoms with Crippen molar-refractivity contribution in [1.29, 1.82) is 5.26 Å². The highest BCUT2D eigenvalue weighted by Crippen LogP contribution is 2.20. The molecule has 2 atom stereocenters. The second kappa shape index (κ2) is 8.88. The molecule has 1 amide bonds. The van der Waals surface area contributed by atoms with Crippen LogP contribution >= 0.6 is 0 Å². The van der Waals surface area contributed by atoms with E-state index in [0.717, 1.165) is 38.3 Å². The number of hydrogen-bond acceptors (Lipinski definition) is 6. The number of amides is 1. The second-order valence-electron chi connectivity index (χ2n) is 6.71. The Kier molecular flexibility index (Phi) is 6.31. The van der Waals surface area contributed by atoms with E-state index in [9.17, 15) is 4.79 Å². The van der Waals surface area contributed by atoms with Crippen molar-refractivity contribution in [2.45, 2.75) is 25.6 Å². The molecule has 0 spiro atoms. The molecule has 2 aliphatic heterocycles. The number of morpholine rings is 2. The molecule has 0 saturated carbocycles. The maximum absolute atomic E-state index is 11.9. The first-order valence-corrected chi connectivity index (χ1v) is 9.21. The molecule has 3 rings (SSSR count). The van der Waals surface area contributed by atoms with Crippen LogP contribution in [0.3, 0.4) is 0 Å². The predicted octanol–water partition coefficient (Wildman–Crippen LogP) is 1.90. The van der Waals surface area contributed by atoms with Gasteiger partial charge in [-0.2, -0.15) is 5.26 Å². The van der Waals surface area contributed by atoms with Gasteiger partial charge in [0.15, 0.2) is 0 Å². The zero-order valence-corrected chi connectivity index (χ0v) is 15.2. The molecule has 1 N–H and O–H groups in total. The second-order valence-corrected chi connectivity index (χ2v) is 6.71. The van der Waals surface area contributed by atoms with Gasteiger partial charge in [-0.1, -0.05) is 0 Å². The van der Waals surface area contributed by atoms with Gasteiger partial charge in [0.05, 0.1) is 43.5 Å². The highest BCUT2D eigenvalue weighted by atomic mass is 16.6. The van der Waals surface area contributed by atoms with Crippen LogP contribution in [-0.4, -0.2) is 74.0 Å². The van der Waals surface area contributed by atoms with Gasteiger partial charge >= 0.3 is 6.09 Å². The van der Waals surface area contributed by atoms with Crippen LogP contribution in [0, 0.1) is 11.3 Å². The molecule has 2 heterocycles. The fourth-order valence-corrected chi connectivity index (χ4v) is 3.52. The van der Waals surface area contributed by atoms with Gasteiger partial charge in [0.1, 0.15) is 0 Å². The van der Waals surface area contributed by atoms with Gasteiger partial charge in [-0.25, -0.2) is 4.79 Å². The number of anilines is 1. The summed E-state index contributed by atoms with van der Waals surface area (Å²) in [4.78, 5) is 16.1. The Morgan fingerprint density at radius 2 is 1.96 bits per heavy atom. The highest BCUT2D eigenvalue weighted by Gasteiger charge is 2.36. The number of nitrogens with zero attached hydrogens (tertiary/aromatic N) is 3. The number of fused-ring (bicyclic) bond motifs is 2. The number of nitrogens with one attached hydrogen (secondary N) is 1. The van der Waals surface area contributed by atoms with Gasteiger partial charge in [0.25, 0.3) is 0 Å². The van der Waals surface area contributed by atoms with Crippen molar-refractivity contribution in [1.82, 2.24) is 9.80 Å².